The van der Waals surface area contributed by atoms with Gasteiger partial charge in [-0.3, -0.25) is 4.79 Å². The normalized spacial score (nSPS) is 15.8. The Balaban J connectivity index is 1.28. The molecule has 1 aliphatic rings. The minimum absolute atomic E-state index is 0.0557. The van der Waals surface area contributed by atoms with Crippen LogP contribution in [0, 0.1) is 5.82 Å². The van der Waals surface area contributed by atoms with Gasteiger partial charge in [-0.2, -0.15) is 4.98 Å². The molecular formula is C22H19FN6O3. The highest BCUT2D eigenvalue weighted by Crippen LogP contribution is 2.26. The van der Waals surface area contributed by atoms with Crippen LogP contribution >= 0.6 is 0 Å². The van der Waals surface area contributed by atoms with Crippen LogP contribution in [-0.4, -0.2) is 56.1 Å². The first-order valence-electron chi connectivity index (χ1n) is 10.1. The SMILES string of the molecule is COc1ccc(C(=O)N2CC[C@@H](n3cc(-c4nc(-c5ccccc5)no4)nn3)C2)cc1F. The summed E-state index contributed by atoms with van der Waals surface area (Å²) >= 11 is 0. The molecule has 1 atom stereocenters. The van der Waals surface area contributed by atoms with E-state index in [-0.39, 0.29) is 29.2 Å². The smallest absolute Gasteiger partial charge is 0.280 e. The number of aromatic nitrogens is 5. The van der Waals surface area contributed by atoms with E-state index in [0.29, 0.717) is 31.0 Å². The van der Waals surface area contributed by atoms with Crippen molar-refractivity contribution in [3.05, 3.63) is 66.1 Å². The maximum Gasteiger partial charge on any atom is 0.280 e. The number of hydrogen-bond donors (Lipinski definition) is 0. The van der Waals surface area contributed by atoms with E-state index in [1.807, 2.05) is 30.3 Å². The van der Waals surface area contributed by atoms with E-state index in [4.69, 9.17) is 9.26 Å². The number of halogens is 1. The Morgan fingerprint density at radius 3 is 2.84 bits per heavy atom. The van der Waals surface area contributed by atoms with Crippen LogP contribution in [0.5, 0.6) is 5.75 Å². The molecule has 32 heavy (non-hydrogen) atoms. The number of hydrogen-bond acceptors (Lipinski definition) is 7. The Hall–Kier alpha value is -4.08. The van der Waals surface area contributed by atoms with Gasteiger partial charge in [0.2, 0.25) is 5.82 Å². The minimum atomic E-state index is -0.565. The van der Waals surface area contributed by atoms with Gasteiger partial charge in [0.1, 0.15) is 0 Å². The van der Waals surface area contributed by atoms with Crippen molar-refractivity contribution in [2.75, 3.05) is 20.2 Å². The zero-order chi connectivity index (χ0) is 22.1. The summed E-state index contributed by atoms with van der Waals surface area (Å²) in [7, 11) is 1.38. The molecule has 2 aromatic heterocycles. The van der Waals surface area contributed by atoms with E-state index < -0.39 is 5.82 Å². The lowest BCUT2D eigenvalue weighted by atomic mass is 10.2. The third-order valence-corrected chi connectivity index (χ3v) is 5.41. The number of carbonyl (C=O) groups is 1. The number of likely N-dealkylation sites (tertiary alicyclic amines) is 1. The van der Waals surface area contributed by atoms with E-state index in [1.165, 1.54) is 19.2 Å². The van der Waals surface area contributed by atoms with E-state index in [2.05, 4.69) is 20.5 Å². The molecule has 1 amide bonds. The highest BCUT2D eigenvalue weighted by atomic mass is 19.1. The van der Waals surface area contributed by atoms with Gasteiger partial charge < -0.3 is 14.2 Å². The second-order valence-corrected chi connectivity index (χ2v) is 7.42. The Morgan fingerprint density at radius 2 is 2.06 bits per heavy atom. The standard InChI is InChI=1S/C22H19FN6O3/c1-31-19-8-7-15(11-17(19)23)22(30)28-10-9-16(12-28)29-13-18(25-27-29)21-24-20(26-32-21)14-5-3-2-4-6-14/h2-8,11,13,16H,9-10,12H2,1H3/t16-/m1/s1. The topological polar surface area (TPSA) is 99.2 Å². The summed E-state index contributed by atoms with van der Waals surface area (Å²) in [6.45, 7) is 0.972. The molecule has 0 spiro atoms. The maximum absolute atomic E-state index is 14.0. The molecule has 0 radical (unpaired) electrons. The van der Waals surface area contributed by atoms with Crippen LogP contribution in [0.3, 0.4) is 0 Å². The number of nitrogens with zero attached hydrogens (tertiary/aromatic N) is 6. The van der Waals surface area contributed by atoms with Crippen molar-refractivity contribution in [2.45, 2.75) is 12.5 Å². The van der Waals surface area contributed by atoms with Gasteiger partial charge in [-0.1, -0.05) is 40.7 Å². The highest BCUT2D eigenvalue weighted by molar-refractivity contribution is 5.94. The van der Waals surface area contributed by atoms with Crippen LogP contribution in [0.1, 0.15) is 22.8 Å². The maximum atomic E-state index is 14.0. The van der Waals surface area contributed by atoms with Crippen LogP contribution in [0.15, 0.2) is 59.3 Å². The third kappa shape index (κ3) is 3.70. The van der Waals surface area contributed by atoms with Crippen LogP contribution < -0.4 is 4.74 Å². The Morgan fingerprint density at radius 1 is 1.22 bits per heavy atom. The molecule has 9 nitrogen and oxygen atoms in total. The highest BCUT2D eigenvalue weighted by Gasteiger charge is 2.30. The molecule has 10 heteroatoms. The van der Waals surface area contributed by atoms with Gasteiger partial charge in [0.15, 0.2) is 17.3 Å². The number of rotatable bonds is 5. The average molecular weight is 434 g/mol. The van der Waals surface area contributed by atoms with Crippen molar-refractivity contribution in [2.24, 2.45) is 0 Å². The fraction of sp³-hybridized carbons (Fsp3) is 0.227. The molecule has 1 aliphatic heterocycles. The number of carbonyl (C=O) groups excluding carboxylic acids is 1. The van der Waals surface area contributed by atoms with Crippen LogP contribution in [0.2, 0.25) is 0 Å². The van der Waals surface area contributed by atoms with Gasteiger partial charge in [-0.25, -0.2) is 9.07 Å². The molecule has 0 aliphatic carbocycles. The summed E-state index contributed by atoms with van der Waals surface area (Å²) in [6, 6.07) is 13.6. The Bertz CT molecular complexity index is 1260. The van der Waals surface area contributed by atoms with Gasteiger partial charge in [-0.05, 0) is 24.6 Å². The molecule has 1 fully saturated rings. The zero-order valence-corrected chi connectivity index (χ0v) is 17.2. The van der Waals surface area contributed by atoms with Crippen LogP contribution in [0.4, 0.5) is 4.39 Å². The predicted octanol–water partition coefficient (Wildman–Crippen LogP) is 3.23. The number of amides is 1. The lowest BCUT2D eigenvalue weighted by Crippen LogP contribution is -2.29. The molecule has 0 unspecified atom stereocenters. The first kappa shape index (κ1) is 19.9. The van der Waals surface area contributed by atoms with Gasteiger partial charge in [0.25, 0.3) is 11.8 Å². The molecule has 0 N–H and O–H groups in total. The van der Waals surface area contributed by atoms with Crippen molar-refractivity contribution in [3.63, 3.8) is 0 Å². The molecule has 2 aromatic carbocycles. The summed E-state index contributed by atoms with van der Waals surface area (Å²) in [5.41, 5.74) is 1.58. The second-order valence-electron chi connectivity index (χ2n) is 7.42. The van der Waals surface area contributed by atoms with Crippen molar-refractivity contribution >= 4 is 5.91 Å². The Kier molecular flexibility index (Phi) is 5.10. The van der Waals surface area contributed by atoms with Gasteiger partial charge >= 0.3 is 0 Å². The van der Waals surface area contributed by atoms with Crippen molar-refractivity contribution in [1.29, 1.82) is 0 Å². The summed E-state index contributed by atoms with van der Waals surface area (Å²) in [5.74, 6) is 0.0462. The first-order chi connectivity index (χ1) is 15.6. The summed E-state index contributed by atoms with van der Waals surface area (Å²) in [4.78, 5) is 18.8. The summed E-state index contributed by atoms with van der Waals surface area (Å²) in [5, 5.41) is 12.3. The molecule has 1 saturated heterocycles. The van der Waals surface area contributed by atoms with Gasteiger partial charge in [0.05, 0.1) is 19.3 Å². The second kappa shape index (κ2) is 8.22. The fourth-order valence-electron chi connectivity index (χ4n) is 3.71. The first-order valence-corrected chi connectivity index (χ1v) is 10.1. The summed E-state index contributed by atoms with van der Waals surface area (Å²) in [6.07, 6.45) is 2.43. The Labute approximate surface area is 182 Å². The molecule has 162 valence electrons. The lowest BCUT2D eigenvalue weighted by Gasteiger charge is -2.17. The zero-order valence-electron chi connectivity index (χ0n) is 17.2. The minimum Gasteiger partial charge on any atom is -0.494 e. The molecule has 4 aromatic rings. The lowest BCUT2D eigenvalue weighted by molar-refractivity contribution is 0.0786. The predicted molar refractivity (Wildman–Crippen MR) is 111 cm³/mol. The van der Waals surface area contributed by atoms with E-state index in [0.717, 1.165) is 5.56 Å². The largest absolute Gasteiger partial charge is 0.494 e. The van der Waals surface area contributed by atoms with E-state index in [1.54, 1.807) is 21.8 Å². The molecule has 0 bridgehead atoms. The summed E-state index contributed by atoms with van der Waals surface area (Å²) < 4.78 is 25.9. The fourth-order valence-corrected chi connectivity index (χ4v) is 3.71. The molecule has 5 rings (SSSR count). The van der Waals surface area contributed by atoms with Crippen molar-refractivity contribution in [1.82, 2.24) is 30.0 Å². The van der Waals surface area contributed by atoms with E-state index >= 15 is 0 Å². The van der Waals surface area contributed by atoms with Crippen molar-refractivity contribution in [3.8, 4) is 28.7 Å². The van der Waals surface area contributed by atoms with E-state index in [9.17, 15) is 9.18 Å². The van der Waals surface area contributed by atoms with Crippen LogP contribution in [0.25, 0.3) is 23.0 Å². The third-order valence-electron chi connectivity index (χ3n) is 5.41. The van der Waals surface area contributed by atoms with Gasteiger partial charge in [-0.15, -0.1) is 5.10 Å². The molecule has 3 heterocycles. The average Bonchev–Trinajstić information content (AvgIpc) is 3.59. The monoisotopic (exact) mass is 434 g/mol. The van der Waals surface area contributed by atoms with Crippen molar-refractivity contribution < 1.29 is 18.4 Å². The number of methoxy groups -OCH3 is 1. The molecule has 0 saturated carbocycles. The quantitative estimate of drug-likeness (QED) is 0.475. The van der Waals surface area contributed by atoms with Crippen LogP contribution in [-0.2, 0) is 0 Å². The number of ether oxygens (including phenoxy) is 1. The van der Waals surface area contributed by atoms with Gasteiger partial charge in [0, 0.05) is 24.2 Å². The number of benzene rings is 2. The molecular weight excluding hydrogens is 415 g/mol.